The van der Waals surface area contributed by atoms with Crippen LogP contribution in [0.3, 0.4) is 0 Å². The molecular formula is C31H39NO6S2. The number of methoxy groups -OCH3 is 2. The molecule has 1 atom stereocenters. The van der Waals surface area contributed by atoms with Crippen molar-refractivity contribution in [2.24, 2.45) is 0 Å². The molecule has 2 heterocycles. The number of ether oxygens (including phenoxy) is 5. The molecule has 0 fully saturated rings. The highest BCUT2D eigenvalue weighted by molar-refractivity contribution is 8.00. The van der Waals surface area contributed by atoms with Crippen LogP contribution in [-0.2, 0) is 28.8 Å². The van der Waals surface area contributed by atoms with Gasteiger partial charge in [-0.15, -0.1) is 11.3 Å². The Bertz CT molecular complexity index is 1290. The second kappa shape index (κ2) is 14.6. The molecule has 0 saturated carbocycles. The summed E-state index contributed by atoms with van der Waals surface area (Å²) in [5.41, 5.74) is 5.12. The standard InChI is InChI=1S/C31H39NO6S2/c1-6-9-22-25(14-11-20-12-15-27(30(33)35-4)38-28(20)22)36-17-8-18-37-26-16-13-21(24-19-40-31(32-24)39-5)29(34-3)23(26)10-7-2/h11,13-14,16,19,27H,6-10,12,15,17-18H2,1-5H3. The van der Waals surface area contributed by atoms with Crippen LogP contribution < -0.4 is 18.9 Å². The zero-order valence-electron chi connectivity index (χ0n) is 24.0. The number of hydrogen-bond donors (Lipinski definition) is 0. The lowest BCUT2D eigenvalue weighted by Gasteiger charge is -2.27. The van der Waals surface area contributed by atoms with Crippen LogP contribution in [0.1, 0.15) is 56.2 Å². The molecule has 2 aromatic carbocycles. The van der Waals surface area contributed by atoms with Gasteiger partial charge in [-0.3, -0.25) is 0 Å². The fourth-order valence-electron chi connectivity index (χ4n) is 4.97. The van der Waals surface area contributed by atoms with Gasteiger partial charge < -0.3 is 23.7 Å². The average Bonchev–Trinajstić information content (AvgIpc) is 3.47. The Morgan fingerprint density at radius 1 is 1.05 bits per heavy atom. The van der Waals surface area contributed by atoms with E-state index in [-0.39, 0.29) is 5.97 Å². The van der Waals surface area contributed by atoms with Crippen LogP contribution in [0.2, 0.25) is 0 Å². The number of thiazole rings is 1. The first kappa shape index (κ1) is 30.1. The van der Waals surface area contributed by atoms with Gasteiger partial charge in [0.25, 0.3) is 0 Å². The highest BCUT2D eigenvalue weighted by Crippen LogP contribution is 2.41. The molecule has 4 rings (SSSR count). The SMILES string of the molecule is CCCc1c(OCCCOc2ccc(-c3csc(SC)n3)c(OC)c2CCC)ccc2c1OC(C(=O)OC)CC2. The maximum absolute atomic E-state index is 12.1. The quantitative estimate of drug-likeness (QED) is 0.112. The van der Waals surface area contributed by atoms with Crippen LogP contribution >= 0.6 is 23.1 Å². The van der Waals surface area contributed by atoms with E-state index in [1.54, 1.807) is 30.2 Å². The van der Waals surface area contributed by atoms with Crippen LogP contribution in [0.25, 0.3) is 11.3 Å². The van der Waals surface area contributed by atoms with Crippen LogP contribution in [-0.4, -0.2) is 50.7 Å². The molecule has 7 nitrogen and oxygen atoms in total. The zero-order valence-corrected chi connectivity index (χ0v) is 25.7. The second-order valence-electron chi connectivity index (χ2n) is 9.58. The van der Waals surface area contributed by atoms with Gasteiger partial charge in [-0.05, 0) is 55.7 Å². The van der Waals surface area contributed by atoms with Gasteiger partial charge in [0, 0.05) is 28.5 Å². The van der Waals surface area contributed by atoms with E-state index in [9.17, 15) is 4.79 Å². The highest BCUT2D eigenvalue weighted by Gasteiger charge is 2.29. The summed E-state index contributed by atoms with van der Waals surface area (Å²) in [6.07, 6.45) is 7.17. The molecule has 0 saturated heterocycles. The van der Waals surface area contributed by atoms with Crippen molar-refractivity contribution in [3.63, 3.8) is 0 Å². The summed E-state index contributed by atoms with van der Waals surface area (Å²) in [6, 6.07) is 8.13. The van der Waals surface area contributed by atoms with Gasteiger partial charge in [0.05, 0.1) is 33.1 Å². The first-order valence-electron chi connectivity index (χ1n) is 13.9. The molecule has 0 N–H and O–H groups in total. The van der Waals surface area contributed by atoms with Gasteiger partial charge in [-0.2, -0.15) is 0 Å². The minimum Gasteiger partial charge on any atom is -0.496 e. The number of carbonyl (C=O) groups is 1. The summed E-state index contributed by atoms with van der Waals surface area (Å²) < 4.78 is 30.4. The fourth-order valence-corrected chi connectivity index (χ4v) is 6.24. The predicted octanol–water partition coefficient (Wildman–Crippen LogP) is 7.16. The number of aromatic nitrogens is 1. The van der Waals surface area contributed by atoms with E-state index in [0.29, 0.717) is 26.1 Å². The molecule has 1 aromatic heterocycles. The van der Waals surface area contributed by atoms with Crippen LogP contribution in [0.5, 0.6) is 23.0 Å². The van der Waals surface area contributed by atoms with Gasteiger partial charge in [0.1, 0.15) is 27.3 Å². The second-order valence-corrected chi connectivity index (χ2v) is 11.5. The summed E-state index contributed by atoms with van der Waals surface area (Å²) in [5.74, 6) is 2.91. The van der Waals surface area contributed by atoms with E-state index in [1.807, 2.05) is 30.5 Å². The van der Waals surface area contributed by atoms with E-state index >= 15 is 0 Å². The van der Waals surface area contributed by atoms with Gasteiger partial charge in [-0.1, -0.05) is 44.5 Å². The van der Waals surface area contributed by atoms with Crippen molar-refractivity contribution >= 4 is 29.1 Å². The number of carbonyl (C=O) groups excluding carboxylic acids is 1. The Morgan fingerprint density at radius 3 is 2.40 bits per heavy atom. The number of benzene rings is 2. The Balaban J connectivity index is 1.42. The number of nitrogens with zero attached hydrogens (tertiary/aromatic N) is 1. The summed E-state index contributed by atoms with van der Waals surface area (Å²) in [4.78, 5) is 16.8. The zero-order chi connectivity index (χ0) is 28.5. The topological polar surface area (TPSA) is 76.1 Å². The number of fused-ring (bicyclic) bond motifs is 1. The molecule has 1 unspecified atom stereocenters. The summed E-state index contributed by atoms with van der Waals surface area (Å²) >= 11 is 3.29. The number of rotatable bonds is 14. The Kier molecular flexibility index (Phi) is 11.0. The Labute approximate surface area is 245 Å². The third kappa shape index (κ3) is 6.86. The van der Waals surface area contributed by atoms with Crippen molar-refractivity contribution in [1.29, 1.82) is 0 Å². The number of thioether (sulfide) groups is 1. The van der Waals surface area contributed by atoms with E-state index in [2.05, 4.69) is 19.2 Å². The molecule has 0 radical (unpaired) electrons. The van der Waals surface area contributed by atoms with Gasteiger partial charge in [-0.25, -0.2) is 9.78 Å². The van der Waals surface area contributed by atoms with E-state index in [0.717, 1.165) is 87.4 Å². The molecular weight excluding hydrogens is 546 g/mol. The molecule has 0 bridgehead atoms. The summed E-state index contributed by atoms with van der Waals surface area (Å²) in [6.45, 7) is 5.30. The first-order chi connectivity index (χ1) is 19.5. The first-order valence-corrected chi connectivity index (χ1v) is 16.0. The monoisotopic (exact) mass is 585 g/mol. The predicted molar refractivity (Wildman–Crippen MR) is 161 cm³/mol. The van der Waals surface area contributed by atoms with Crippen molar-refractivity contribution in [2.75, 3.05) is 33.7 Å². The highest BCUT2D eigenvalue weighted by atomic mass is 32.2. The fraction of sp³-hybridized carbons (Fsp3) is 0.484. The molecule has 1 aliphatic rings. The van der Waals surface area contributed by atoms with Crippen molar-refractivity contribution in [2.45, 2.75) is 69.2 Å². The Hall–Kier alpha value is -2.91. The van der Waals surface area contributed by atoms with Crippen LogP contribution in [0.15, 0.2) is 34.0 Å². The van der Waals surface area contributed by atoms with Gasteiger partial charge in [0.15, 0.2) is 6.10 Å². The average molecular weight is 586 g/mol. The van der Waals surface area contributed by atoms with Crippen LogP contribution in [0.4, 0.5) is 0 Å². The van der Waals surface area contributed by atoms with Gasteiger partial charge in [0.2, 0.25) is 0 Å². The summed E-state index contributed by atoms with van der Waals surface area (Å²) in [7, 11) is 3.11. The van der Waals surface area contributed by atoms with E-state index < -0.39 is 6.10 Å². The maximum atomic E-state index is 12.1. The molecule has 216 valence electrons. The number of hydrogen-bond acceptors (Lipinski definition) is 9. The van der Waals surface area contributed by atoms with Crippen molar-refractivity contribution in [1.82, 2.24) is 4.98 Å². The Morgan fingerprint density at radius 2 is 1.75 bits per heavy atom. The molecule has 40 heavy (non-hydrogen) atoms. The van der Waals surface area contributed by atoms with Gasteiger partial charge >= 0.3 is 5.97 Å². The molecule has 3 aromatic rings. The largest absolute Gasteiger partial charge is 0.496 e. The summed E-state index contributed by atoms with van der Waals surface area (Å²) in [5, 5.41) is 2.07. The number of esters is 1. The maximum Gasteiger partial charge on any atom is 0.347 e. The third-order valence-electron chi connectivity index (χ3n) is 6.86. The lowest BCUT2D eigenvalue weighted by molar-refractivity contribution is -0.149. The lowest BCUT2D eigenvalue weighted by atomic mass is 9.96. The molecule has 0 aliphatic carbocycles. The number of aryl methyl sites for hydroxylation is 1. The minimum absolute atomic E-state index is 0.333. The van der Waals surface area contributed by atoms with Crippen molar-refractivity contribution < 1.29 is 28.5 Å². The smallest absolute Gasteiger partial charge is 0.347 e. The third-order valence-corrected chi connectivity index (χ3v) is 8.72. The normalized spacial score (nSPS) is 14.3. The van der Waals surface area contributed by atoms with E-state index in [1.165, 1.54) is 7.11 Å². The van der Waals surface area contributed by atoms with E-state index in [4.69, 9.17) is 28.7 Å². The molecule has 0 amide bonds. The van der Waals surface area contributed by atoms with Crippen LogP contribution in [0, 0.1) is 0 Å². The van der Waals surface area contributed by atoms with Crippen molar-refractivity contribution in [3.05, 3.63) is 46.3 Å². The molecule has 1 aliphatic heterocycles. The molecule has 0 spiro atoms. The lowest BCUT2D eigenvalue weighted by Crippen LogP contribution is -2.32. The minimum atomic E-state index is -0.569. The molecule has 9 heteroatoms. The van der Waals surface area contributed by atoms with Crippen molar-refractivity contribution in [3.8, 4) is 34.3 Å².